The Kier molecular flexibility index (Phi) is 17.5. The Hall–Kier alpha value is 0.340. The zero-order valence-electron chi connectivity index (χ0n) is 19.6. The highest BCUT2D eigenvalue weighted by Crippen LogP contribution is 2.40. The van der Waals surface area contributed by atoms with Gasteiger partial charge < -0.3 is 9.47 Å². The highest BCUT2D eigenvalue weighted by molar-refractivity contribution is 8.77. The van der Waals surface area contributed by atoms with Crippen molar-refractivity contribution in [1.29, 1.82) is 0 Å². The van der Waals surface area contributed by atoms with Crippen molar-refractivity contribution in [2.45, 2.75) is 113 Å². The van der Waals surface area contributed by atoms with Crippen molar-refractivity contribution in [3.8, 4) is 0 Å². The van der Waals surface area contributed by atoms with E-state index in [4.69, 9.17) is 9.47 Å². The lowest BCUT2D eigenvalue weighted by atomic mass is 10.1. The normalized spacial score (nSPS) is 20.5. The molecule has 2 saturated heterocycles. The molecule has 0 aliphatic carbocycles. The number of carbonyl (C=O) groups is 2. The first-order valence-corrected chi connectivity index (χ1v) is 17.4. The molecular formula is C24H42O4S4. The van der Waals surface area contributed by atoms with Crippen molar-refractivity contribution in [2.75, 3.05) is 24.7 Å². The van der Waals surface area contributed by atoms with Crippen molar-refractivity contribution < 1.29 is 19.1 Å². The van der Waals surface area contributed by atoms with Crippen LogP contribution in [0.3, 0.4) is 0 Å². The summed E-state index contributed by atoms with van der Waals surface area (Å²) in [6.45, 7) is 1.12. The van der Waals surface area contributed by atoms with Gasteiger partial charge in [-0.15, -0.1) is 0 Å². The maximum atomic E-state index is 11.8. The van der Waals surface area contributed by atoms with Crippen LogP contribution in [0.15, 0.2) is 0 Å². The SMILES string of the molecule is O=C(CCCCC1CCSS1)OCCCCCCCCOC(=O)CCCCC1CCSS1. The van der Waals surface area contributed by atoms with Crippen molar-refractivity contribution in [3.05, 3.63) is 0 Å². The van der Waals surface area contributed by atoms with E-state index in [1.807, 2.05) is 43.2 Å². The van der Waals surface area contributed by atoms with Crippen LogP contribution in [0.2, 0.25) is 0 Å². The van der Waals surface area contributed by atoms with E-state index in [1.54, 1.807) is 0 Å². The minimum atomic E-state index is -0.0308. The van der Waals surface area contributed by atoms with Crippen LogP contribution < -0.4 is 0 Å². The molecule has 2 fully saturated rings. The van der Waals surface area contributed by atoms with Crippen LogP contribution in [-0.4, -0.2) is 47.2 Å². The number of rotatable bonds is 19. The summed E-state index contributed by atoms with van der Waals surface area (Å²) in [6.07, 6.45) is 16.9. The molecule has 0 spiro atoms. The largest absolute Gasteiger partial charge is 0.466 e. The molecule has 2 atom stereocenters. The molecule has 0 aromatic rings. The molecule has 0 bridgehead atoms. The predicted octanol–water partition coefficient (Wildman–Crippen LogP) is 7.84. The highest BCUT2D eigenvalue weighted by Gasteiger charge is 2.16. The summed E-state index contributed by atoms with van der Waals surface area (Å²) < 4.78 is 10.7. The Morgan fingerprint density at radius 3 is 1.44 bits per heavy atom. The summed E-state index contributed by atoms with van der Waals surface area (Å²) in [5.41, 5.74) is 0. The lowest BCUT2D eigenvalue weighted by molar-refractivity contribution is -0.144. The third kappa shape index (κ3) is 15.3. The van der Waals surface area contributed by atoms with Gasteiger partial charge >= 0.3 is 11.9 Å². The average molecular weight is 523 g/mol. The predicted molar refractivity (Wildman–Crippen MR) is 143 cm³/mol. The van der Waals surface area contributed by atoms with Gasteiger partial charge in [0.2, 0.25) is 0 Å². The molecule has 8 heteroatoms. The molecule has 0 radical (unpaired) electrons. The quantitative estimate of drug-likeness (QED) is 0.0966. The molecule has 0 saturated carbocycles. The van der Waals surface area contributed by atoms with Gasteiger partial charge in [-0.1, -0.05) is 81.7 Å². The Morgan fingerprint density at radius 2 is 1.03 bits per heavy atom. The van der Waals surface area contributed by atoms with Crippen molar-refractivity contribution in [3.63, 3.8) is 0 Å². The first-order valence-electron chi connectivity index (χ1n) is 12.6. The molecule has 2 aliphatic heterocycles. The fourth-order valence-corrected chi connectivity index (χ4v) is 9.89. The lowest BCUT2D eigenvalue weighted by Crippen LogP contribution is -2.06. The van der Waals surface area contributed by atoms with Gasteiger partial charge in [-0.3, -0.25) is 9.59 Å². The van der Waals surface area contributed by atoms with E-state index >= 15 is 0 Å². The maximum absolute atomic E-state index is 11.8. The molecular weight excluding hydrogens is 481 g/mol. The van der Waals surface area contributed by atoms with Crippen molar-refractivity contribution >= 4 is 55.1 Å². The molecule has 0 aromatic heterocycles. The second kappa shape index (κ2) is 19.6. The monoisotopic (exact) mass is 522 g/mol. The van der Waals surface area contributed by atoms with E-state index in [0.29, 0.717) is 26.1 Å². The minimum absolute atomic E-state index is 0.0308. The van der Waals surface area contributed by atoms with E-state index in [0.717, 1.165) is 74.7 Å². The van der Waals surface area contributed by atoms with Crippen LogP contribution >= 0.6 is 43.2 Å². The highest BCUT2D eigenvalue weighted by atomic mass is 33.1. The number of unbranched alkanes of at least 4 members (excludes halogenated alkanes) is 7. The van der Waals surface area contributed by atoms with Gasteiger partial charge in [0.25, 0.3) is 0 Å². The Morgan fingerprint density at radius 1 is 0.594 bits per heavy atom. The van der Waals surface area contributed by atoms with Crippen molar-refractivity contribution in [1.82, 2.24) is 0 Å². The van der Waals surface area contributed by atoms with Gasteiger partial charge in [0.1, 0.15) is 0 Å². The fraction of sp³-hybridized carbons (Fsp3) is 0.917. The first-order chi connectivity index (χ1) is 15.7. The zero-order valence-corrected chi connectivity index (χ0v) is 22.8. The zero-order chi connectivity index (χ0) is 22.7. The summed E-state index contributed by atoms with van der Waals surface area (Å²) in [7, 11) is 7.99. The van der Waals surface area contributed by atoms with Gasteiger partial charge in [-0.05, 0) is 51.4 Å². The van der Waals surface area contributed by atoms with Crippen LogP contribution in [0.4, 0.5) is 0 Å². The van der Waals surface area contributed by atoms with E-state index < -0.39 is 0 Å². The molecule has 0 N–H and O–H groups in total. The molecule has 4 nitrogen and oxygen atoms in total. The Balaban J connectivity index is 1.25. The van der Waals surface area contributed by atoms with Crippen LogP contribution in [0.25, 0.3) is 0 Å². The average Bonchev–Trinajstić information content (AvgIpc) is 3.50. The lowest BCUT2D eigenvalue weighted by Gasteiger charge is -2.08. The number of hydrogen-bond acceptors (Lipinski definition) is 8. The van der Waals surface area contributed by atoms with E-state index in [2.05, 4.69) is 0 Å². The molecule has 2 heterocycles. The van der Waals surface area contributed by atoms with Gasteiger partial charge in [-0.2, -0.15) is 0 Å². The summed E-state index contributed by atoms with van der Waals surface area (Å²) in [4.78, 5) is 23.5. The summed E-state index contributed by atoms with van der Waals surface area (Å²) in [6, 6.07) is 0. The third-order valence-corrected chi connectivity index (χ3v) is 11.8. The molecule has 32 heavy (non-hydrogen) atoms. The van der Waals surface area contributed by atoms with Gasteiger partial charge in [-0.25, -0.2) is 0 Å². The molecule has 186 valence electrons. The Labute approximate surface area is 211 Å². The van der Waals surface area contributed by atoms with E-state index in [1.165, 1.54) is 37.2 Å². The van der Waals surface area contributed by atoms with E-state index in [-0.39, 0.29) is 11.9 Å². The van der Waals surface area contributed by atoms with Gasteiger partial charge in [0.15, 0.2) is 0 Å². The van der Waals surface area contributed by atoms with E-state index in [9.17, 15) is 9.59 Å². The smallest absolute Gasteiger partial charge is 0.305 e. The second-order valence-electron chi connectivity index (χ2n) is 8.71. The minimum Gasteiger partial charge on any atom is -0.466 e. The standard InChI is InChI=1S/C24H42O4S4/c25-23(13-7-5-11-21-15-19-29-31-21)27-17-9-3-1-2-4-10-18-28-24(26)14-8-6-12-22-16-20-30-32-22/h21-22H,1-20H2. The molecule has 0 aromatic carbocycles. The molecule has 2 rings (SSSR count). The number of ether oxygens (including phenoxy) is 2. The van der Waals surface area contributed by atoms with Crippen LogP contribution in [0, 0.1) is 0 Å². The van der Waals surface area contributed by atoms with Crippen LogP contribution in [-0.2, 0) is 19.1 Å². The number of hydrogen-bond donors (Lipinski definition) is 0. The Bertz CT molecular complexity index is 450. The second-order valence-corrected chi connectivity index (χ2v) is 14.3. The van der Waals surface area contributed by atoms with Crippen LogP contribution in [0.1, 0.15) is 103 Å². The summed E-state index contributed by atoms with van der Waals surface area (Å²) in [5, 5.41) is 1.61. The number of carbonyl (C=O) groups excluding carboxylic acids is 2. The van der Waals surface area contributed by atoms with Crippen molar-refractivity contribution in [2.24, 2.45) is 0 Å². The maximum Gasteiger partial charge on any atom is 0.305 e. The summed E-state index contributed by atoms with van der Waals surface area (Å²) in [5.74, 6) is 2.50. The molecule has 0 amide bonds. The topological polar surface area (TPSA) is 52.6 Å². The number of esters is 2. The summed E-state index contributed by atoms with van der Waals surface area (Å²) >= 11 is 0. The van der Waals surface area contributed by atoms with Gasteiger partial charge in [0, 0.05) is 34.8 Å². The molecule has 2 aliphatic rings. The third-order valence-electron chi connectivity index (χ3n) is 5.83. The van der Waals surface area contributed by atoms with Crippen LogP contribution in [0.5, 0.6) is 0 Å². The fourth-order valence-electron chi connectivity index (χ4n) is 3.84. The first kappa shape index (κ1) is 28.6. The van der Waals surface area contributed by atoms with Gasteiger partial charge in [0.05, 0.1) is 13.2 Å². The molecule has 2 unspecified atom stereocenters.